The summed E-state index contributed by atoms with van der Waals surface area (Å²) in [5.74, 6) is -0.414. The van der Waals surface area contributed by atoms with Gasteiger partial charge in [-0.2, -0.15) is 0 Å². The average Bonchev–Trinajstić information content (AvgIpc) is 3.21. The van der Waals surface area contributed by atoms with Gasteiger partial charge in [0, 0.05) is 59.3 Å². The molecule has 2 saturated heterocycles. The maximum atomic E-state index is 13.0. The summed E-state index contributed by atoms with van der Waals surface area (Å²) in [4.78, 5) is 16.7. The summed E-state index contributed by atoms with van der Waals surface area (Å²) >= 11 is 0. The lowest BCUT2D eigenvalue weighted by Crippen LogP contribution is -2.50. The molecule has 0 radical (unpaired) electrons. The van der Waals surface area contributed by atoms with Gasteiger partial charge in [0.25, 0.3) is 0 Å². The van der Waals surface area contributed by atoms with E-state index in [1.807, 2.05) is 4.90 Å². The second-order valence-electron chi connectivity index (χ2n) is 7.70. The number of hydrogen-bond acceptors (Lipinski definition) is 5. The minimum absolute atomic E-state index is 0.0510. The Morgan fingerprint density at radius 2 is 1.90 bits per heavy atom. The van der Waals surface area contributed by atoms with E-state index >= 15 is 0 Å². The summed E-state index contributed by atoms with van der Waals surface area (Å²) in [6.45, 7) is 5.15. The molecule has 7 nitrogen and oxygen atoms in total. The van der Waals surface area contributed by atoms with Crippen molar-refractivity contribution in [2.24, 2.45) is 0 Å². The second-order valence-corrected chi connectivity index (χ2v) is 9.75. The van der Waals surface area contributed by atoms with E-state index in [0.717, 1.165) is 51.2 Å². The zero-order valence-electron chi connectivity index (χ0n) is 16.9. The van der Waals surface area contributed by atoms with E-state index in [0.29, 0.717) is 32.0 Å². The zero-order valence-corrected chi connectivity index (χ0v) is 17.7. The molecule has 0 aromatic heterocycles. The van der Waals surface area contributed by atoms with Crippen LogP contribution in [0, 0.1) is 5.82 Å². The van der Waals surface area contributed by atoms with Crippen LogP contribution in [0.3, 0.4) is 0 Å². The Kier molecular flexibility index (Phi) is 7.61. The van der Waals surface area contributed by atoms with Crippen LogP contribution in [0.1, 0.15) is 25.7 Å². The first kappa shape index (κ1) is 22.1. The van der Waals surface area contributed by atoms with Gasteiger partial charge >= 0.3 is 0 Å². The predicted molar refractivity (Wildman–Crippen MR) is 107 cm³/mol. The number of sulfonamides is 1. The van der Waals surface area contributed by atoms with Crippen molar-refractivity contribution >= 4 is 15.9 Å². The third-order valence-corrected chi connectivity index (χ3v) is 7.47. The molecule has 2 aliphatic heterocycles. The number of hydrogen-bond donors (Lipinski definition) is 0. The third-order valence-electron chi connectivity index (χ3n) is 5.60. The van der Waals surface area contributed by atoms with Gasteiger partial charge in [0.05, 0.1) is 11.0 Å². The van der Waals surface area contributed by atoms with Gasteiger partial charge in [-0.05, 0) is 43.5 Å². The summed E-state index contributed by atoms with van der Waals surface area (Å²) < 4.78 is 44.9. The molecule has 1 aromatic carbocycles. The predicted octanol–water partition coefficient (Wildman–Crippen LogP) is 1.55. The molecule has 29 heavy (non-hydrogen) atoms. The number of carbonyl (C=O) groups is 1. The maximum absolute atomic E-state index is 13.0. The molecule has 0 spiro atoms. The first-order valence-electron chi connectivity index (χ1n) is 10.2. The molecular formula is C20H30FN3O4S. The van der Waals surface area contributed by atoms with Gasteiger partial charge in [-0.3, -0.25) is 9.69 Å². The number of piperazine rings is 1. The van der Waals surface area contributed by atoms with Gasteiger partial charge in [0.1, 0.15) is 5.82 Å². The number of benzene rings is 1. The Labute approximate surface area is 172 Å². The monoisotopic (exact) mass is 427 g/mol. The summed E-state index contributed by atoms with van der Waals surface area (Å²) in [6.07, 6.45) is 3.35. The van der Waals surface area contributed by atoms with E-state index in [1.54, 1.807) is 0 Å². The van der Waals surface area contributed by atoms with Crippen LogP contribution in [-0.2, 0) is 19.6 Å². The van der Waals surface area contributed by atoms with Crippen molar-refractivity contribution in [1.82, 2.24) is 14.1 Å². The van der Waals surface area contributed by atoms with Crippen LogP contribution in [-0.4, -0.2) is 87.5 Å². The van der Waals surface area contributed by atoms with Crippen molar-refractivity contribution in [3.05, 3.63) is 30.1 Å². The molecule has 2 heterocycles. The van der Waals surface area contributed by atoms with Crippen LogP contribution in [0.15, 0.2) is 29.2 Å². The SMILES string of the molecule is CN(CCCC(=O)N1CCN(CC2CCCO2)CC1)S(=O)(=O)c1ccc(F)cc1. The second kappa shape index (κ2) is 9.97. The standard InChI is InChI=1S/C20H30FN3O4S/c1-22(29(26,27)19-8-6-17(21)7-9-19)10-2-5-20(25)24-13-11-23(12-14-24)16-18-4-3-15-28-18/h6-9,18H,2-5,10-16H2,1H3. The highest BCUT2D eigenvalue weighted by Gasteiger charge is 2.25. The average molecular weight is 428 g/mol. The van der Waals surface area contributed by atoms with E-state index in [2.05, 4.69) is 4.90 Å². The van der Waals surface area contributed by atoms with E-state index in [1.165, 1.54) is 23.5 Å². The van der Waals surface area contributed by atoms with Gasteiger partial charge in [0.15, 0.2) is 0 Å². The third kappa shape index (κ3) is 5.97. The molecule has 1 atom stereocenters. The molecule has 3 rings (SSSR count). The van der Waals surface area contributed by atoms with E-state index < -0.39 is 15.8 Å². The first-order chi connectivity index (χ1) is 13.9. The molecule has 1 amide bonds. The minimum Gasteiger partial charge on any atom is -0.377 e. The molecule has 0 bridgehead atoms. The van der Waals surface area contributed by atoms with Crippen LogP contribution in [0.25, 0.3) is 0 Å². The zero-order chi connectivity index (χ0) is 20.9. The summed E-state index contributed by atoms with van der Waals surface area (Å²) in [5.41, 5.74) is 0. The van der Waals surface area contributed by atoms with Crippen molar-refractivity contribution in [3.63, 3.8) is 0 Å². The molecule has 0 aliphatic carbocycles. The van der Waals surface area contributed by atoms with Gasteiger partial charge < -0.3 is 9.64 Å². The Balaban J connectivity index is 1.38. The summed E-state index contributed by atoms with van der Waals surface area (Å²) in [5, 5.41) is 0. The molecule has 1 aromatic rings. The highest BCUT2D eigenvalue weighted by atomic mass is 32.2. The first-order valence-corrected chi connectivity index (χ1v) is 11.6. The Morgan fingerprint density at radius 3 is 2.52 bits per heavy atom. The van der Waals surface area contributed by atoms with Gasteiger partial charge in [0.2, 0.25) is 15.9 Å². The Hall–Kier alpha value is -1.55. The van der Waals surface area contributed by atoms with Crippen molar-refractivity contribution < 1.29 is 22.3 Å². The molecule has 0 N–H and O–H groups in total. The normalized spacial score (nSPS) is 21.1. The van der Waals surface area contributed by atoms with E-state index in [-0.39, 0.29) is 17.3 Å². The quantitative estimate of drug-likeness (QED) is 0.630. The van der Waals surface area contributed by atoms with Crippen LogP contribution >= 0.6 is 0 Å². The van der Waals surface area contributed by atoms with Crippen molar-refractivity contribution in [3.8, 4) is 0 Å². The van der Waals surface area contributed by atoms with Gasteiger partial charge in [-0.1, -0.05) is 0 Å². The Morgan fingerprint density at radius 1 is 1.21 bits per heavy atom. The molecule has 1 unspecified atom stereocenters. The van der Waals surface area contributed by atoms with Crippen LogP contribution in [0.5, 0.6) is 0 Å². The molecular weight excluding hydrogens is 397 g/mol. The molecule has 2 aliphatic rings. The summed E-state index contributed by atoms with van der Waals surface area (Å²) in [7, 11) is -2.19. The summed E-state index contributed by atoms with van der Waals surface area (Å²) in [6, 6.07) is 4.76. The largest absolute Gasteiger partial charge is 0.377 e. The molecule has 0 saturated carbocycles. The number of carbonyl (C=O) groups excluding carboxylic acids is 1. The lowest BCUT2D eigenvalue weighted by atomic mass is 10.2. The number of nitrogens with zero attached hydrogens (tertiary/aromatic N) is 3. The lowest BCUT2D eigenvalue weighted by Gasteiger charge is -2.35. The van der Waals surface area contributed by atoms with Crippen LogP contribution in [0.2, 0.25) is 0 Å². The van der Waals surface area contributed by atoms with Gasteiger partial charge in [-0.15, -0.1) is 0 Å². The number of rotatable bonds is 8. The fraction of sp³-hybridized carbons (Fsp3) is 0.650. The lowest BCUT2D eigenvalue weighted by molar-refractivity contribution is -0.133. The maximum Gasteiger partial charge on any atom is 0.242 e. The smallest absolute Gasteiger partial charge is 0.242 e. The number of ether oxygens (including phenoxy) is 1. The van der Waals surface area contributed by atoms with Crippen molar-refractivity contribution in [2.75, 3.05) is 52.9 Å². The van der Waals surface area contributed by atoms with E-state index in [4.69, 9.17) is 4.74 Å². The fourth-order valence-electron chi connectivity index (χ4n) is 3.77. The van der Waals surface area contributed by atoms with Gasteiger partial charge in [-0.25, -0.2) is 17.1 Å². The number of amides is 1. The molecule has 162 valence electrons. The van der Waals surface area contributed by atoms with Crippen molar-refractivity contribution in [1.29, 1.82) is 0 Å². The fourth-order valence-corrected chi connectivity index (χ4v) is 4.98. The number of halogens is 1. The minimum atomic E-state index is -3.67. The molecule has 2 fully saturated rings. The highest BCUT2D eigenvalue weighted by Crippen LogP contribution is 2.17. The molecule has 9 heteroatoms. The van der Waals surface area contributed by atoms with E-state index in [9.17, 15) is 17.6 Å². The highest BCUT2D eigenvalue weighted by molar-refractivity contribution is 7.89. The Bertz CT molecular complexity index is 773. The topological polar surface area (TPSA) is 70.2 Å². The van der Waals surface area contributed by atoms with Crippen molar-refractivity contribution in [2.45, 2.75) is 36.7 Å². The van der Waals surface area contributed by atoms with Crippen LogP contribution < -0.4 is 0 Å². The van der Waals surface area contributed by atoms with Crippen LogP contribution in [0.4, 0.5) is 4.39 Å².